The van der Waals surface area contributed by atoms with Crippen LogP contribution < -0.4 is 10.6 Å². The fourth-order valence-electron chi connectivity index (χ4n) is 5.98. The molecule has 3 amide bonds. The van der Waals surface area contributed by atoms with Gasteiger partial charge in [0.05, 0.1) is 42.7 Å². The Morgan fingerprint density at radius 2 is 1.73 bits per heavy atom. The number of aliphatic hydroxyl groups is 2. The van der Waals surface area contributed by atoms with E-state index in [0.717, 1.165) is 12.8 Å². The maximum Gasteiger partial charge on any atom is 0.245 e. The largest absolute Gasteiger partial charge is 0.379 e. The highest BCUT2D eigenvalue weighted by molar-refractivity contribution is 5.85. The minimum absolute atomic E-state index is 0.0242. The average molecular weight is 623 g/mol. The highest BCUT2D eigenvalue weighted by Gasteiger charge is 2.42. The van der Waals surface area contributed by atoms with Crippen molar-refractivity contribution < 1.29 is 34.1 Å². The van der Waals surface area contributed by atoms with Gasteiger partial charge in [0, 0.05) is 40.2 Å². The molecule has 13 heteroatoms. The van der Waals surface area contributed by atoms with Crippen LogP contribution >= 0.6 is 0 Å². The number of rotatable bonds is 17. The zero-order chi connectivity index (χ0) is 33.1. The molecule has 2 heterocycles. The predicted octanol–water partition coefficient (Wildman–Crippen LogP) is 1.65. The van der Waals surface area contributed by atoms with Crippen molar-refractivity contribution in [1.82, 2.24) is 25.1 Å². The molecule has 8 atom stereocenters. The van der Waals surface area contributed by atoms with Crippen LogP contribution in [0.5, 0.6) is 0 Å². The first-order chi connectivity index (χ1) is 20.8. The predicted molar refractivity (Wildman–Crippen MR) is 166 cm³/mol. The fourth-order valence-corrected chi connectivity index (χ4v) is 5.98. The first kappa shape index (κ1) is 37.3. The van der Waals surface area contributed by atoms with E-state index in [9.17, 15) is 24.6 Å². The molecule has 0 spiro atoms. The monoisotopic (exact) mass is 622 g/mol. The van der Waals surface area contributed by atoms with Crippen LogP contribution in [-0.2, 0) is 23.9 Å². The summed E-state index contributed by atoms with van der Waals surface area (Å²) in [5.74, 6) is -0.999. The van der Waals surface area contributed by atoms with Gasteiger partial charge in [-0.2, -0.15) is 0 Å². The van der Waals surface area contributed by atoms with Gasteiger partial charge in [0.2, 0.25) is 23.7 Å². The lowest BCUT2D eigenvalue weighted by molar-refractivity contribution is -0.146. The van der Waals surface area contributed by atoms with Gasteiger partial charge in [0.25, 0.3) is 0 Å². The smallest absolute Gasteiger partial charge is 0.245 e. The van der Waals surface area contributed by atoms with Crippen LogP contribution in [0.1, 0.15) is 67.2 Å². The fraction of sp³-hybridized carbons (Fsp3) is 0.774. The molecule has 1 aromatic rings. The van der Waals surface area contributed by atoms with Crippen molar-refractivity contribution in [2.45, 2.75) is 110 Å². The maximum absolute atomic E-state index is 13.9. The van der Waals surface area contributed by atoms with Gasteiger partial charge in [0.1, 0.15) is 6.04 Å². The number of aliphatic hydroxyl groups excluding tert-OH is 1. The molecule has 0 aliphatic carbocycles. The van der Waals surface area contributed by atoms with Crippen molar-refractivity contribution >= 4 is 23.7 Å². The van der Waals surface area contributed by atoms with E-state index >= 15 is 0 Å². The van der Waals surface area contributed by atoms with E-state index in [4.69, 9.17) is 9.47 Å². The molecule has 0 unspecified atom stereocenters. The minimum Gasteiger partial charge on any atom is -0.379 e. The summed E-state index contributed by atoms with van der Waals surface area (Å²) in [6.07, 6.45) is 2.59. The summed E-state index contributed by atoms with van der Waals surface area (Å²) in [5.41, 5.74) is 0. The molecular weight excluding hydrogens is 568 g/mol. The molecule has 13 nitrogen and oxygen atoms in total. The van der Waals surface area contributed by atoms with Gasteiger partial charge in [-0.25, -0.2) is 9.97 Å². The Morgan fingerprint density at radius 1 is 1.09 bits per heavy atom. The number of nitrogens with zero attached hydrogens (tertiary/aromatic N) is 4. The molecular formula is C31H54N6O7. The van der Waals surface area contributed by atoms with E-state index < -0.39 is 48.4 Å². The van der Waals surface area contributed by atoms with E-state index in [0.29, 0.717) is 18.9 Å². The van der Waals surface area contributed by atoms with Gasteiger partial charge in [-0.05, 0) is 37.7 Å². The Bertz CT molecular complexity index is 1050. The van der Waals surface area contributed by atoms with Crippen LogP contribution in [0.25, 0.3) is 0 Å². The Balaban J connectivity index is 2.25. The molecule has 0 aromatic carbocycles. The third-order valence-corrected chi connectivity index (χ3v) is 8.86. The Labute approximate surface area is 262 Å². The number of methoxy groups -OCH3 is 2. The molecule has 250 valence electrons. The van der Waals surface area contributed by atoms with Crippen molar-refractivity contribution in [2.75, 3.05) is 33.1 Å². The summed E-state index contributed by atoms with van der Waals surface area (Å²) < 4.78 is 11.7. The summed E-state index contributed by atoms with van der Waals surface area (Å²) in [4.78, 5) is 52.6. The third-order valence-electron chi connectivity index (χ3n) is 8.86. The van der Waals surface area contributed by atoms with Crippen LogP contribution in [0.3, 0.4) is 0 Å². The Hall–Kier alpha value is -2.87. The maximum atomic E-state index is 13.9. The SMILES string of the molecule is CC[C@H](C)[C@@H]([C@@H](CC(=O)N1CCC[C@H]1[C@H](OC)[C@@H](C)C(=O)N[C@H](C)C(O)O)OC)N(C)C(=O)[C@@H](Nc1ncccn1)C(C)C. The van der Waals surface area contributed by atoms with Gasteiger partial charge in [0.15, 0.2) is 6.29 Å². The number of carbonyl (C=O) groups excluding carboxylic acids is 3. The van der Waals surface area contributed by atoms with Gasteiger partial charge in [-0.1, -0.05) is 41.0 Å². The topological polar surface area (TPSA) is 166 Å². The zero-order valence-corrected chi connectivity index (χ0v) is 27.8. The number of nitrogens with one attached hydrogen (secondary N) is 2. The average Bonchev–Trinajstić information content (AvgIpc) is 3.49. The normalized spacial score (nSPS) is 20.0. The number of likely N-dealkylation sites (tertiary alicyclic amines) is 1. The van der Waals surface area contributed by atoms with E-state index in [1.807, 2.05) is 27.7 Å². The number of amides is 3. The summed E-state index contributed by atoms with van der Waals surface area (Å²) in [6, 6.07) is -0.469. The molecule has 0 radical (unpaired) electrons. The van der Waals surface area contributed by atoms with Crippen LogP contribution in [0.4, 0.5) is 5.95 Å². The highest BCUT2D eigenvalue weighted by atomic mass is 16.5. The number of hydrogen-bond acceptors (Lipinski definition) is 10. The van der Waals surface area contributed by atoms with Crippen LogP contribution in [0, 0.1) is 17.8 Å². The first-order valence-electron chi connectivity index (χ1n) is 15.6. The van der Waals surface area contributed by atoms with Crippen molar-refractivity contribution in [2.24, 2.45) is 17.8 Å². The molecule has 2 rings (SSSR count). The van der Waals surface area contributed by atoms with Gasteiger partial charge < -0.3 is 40.1 Å². The second-order valence-corrected chi connectivity index (χ2v) is 12.2. The minimum atomic E-state index is -1.69. The number of aromatic nitrogens is 2. The van der Waals surface area contributed by atoms with Crippen LogP contribution in [0.2, 0.25) is 0 Å². The van der Waals surface area contributed by atoms with E-state index in [2.05, 4.69) is 20.6 Å². The Morgan fingerprint density at radius 3 is 2.25 bits per heavy atom. The molecule has 1 aliphatic heterocycles. The van der Waals surface area contributed by atoms with Gasteiger partial charge in [-0.3, -0.25) is 14.4 Å². The number of anilines is 1. The van der Waals surface area contributed by atoms with Crippen molar-refractivity contribution in [1.29, 1.82) is 0 Å². The lowest BCUT2D eigenvalue weighted by Crippen LogP contribution is -2.56. The number of hydrogen-bond donors (Lipinski definition) is 4. The highest BCUT2D eigenvalue weighted by Crippen LogP contribution is 2.29. The van der Waals surface area contributed by atoms with E-state index in [1.165, 1.54) is 14.0 Å². The molecule has 1 aliphatic rings. The van der Waals surface area contributed by atoms with Crippen LogP contribution in [0.15, 0.2) is 18.5 Å². The molecule has 1 fully saturated rings. The van der Waals surface area contributed by atoms with Crippen molar-refractivity contribution in [3.8, 4) is 0 Å². The standard InChI is InChI=1S/C31H54N6O7/c1-10-19(4)26(36(7)29(40)25(18(2)3)35-31-32-14-12-15-33-31)23(43-8)17-24(38)37-16-11-13-22(37)27(44-9)20(5)28(39)34-21(6)30(41)42/h12,14-15,18-23,25-27,30,41-42H,10-11,13,16-17H2,1-9H3,(H,34,39)(H,32,33,35)/t19-,20+,21+,22-,23+,25-,26-,27+/m0/s1. The molecule has 44 heavy (non-hydrogen) atoms. The van der Waals surface area contributed by atoms with Crippen molar-refractivity contribution in [3.05, 3.63) is 18.5 Å². The molecule has 4 N–H and O–H groups in total. The van der Waals surface area contributed by atoms with Crippen LogP contribution in [-0.4, -0.2) is 118 Å². The third kappa shape index (κ3) is 9.56. The second-order valence-electron chi connectivity index (χ2n) is 12.2. The van der Waals surface area contributed by atoms with Crippen molar-refractivity contribution in [3.63, 3.8) is 0 Å². The second kappa shape index (κ2) is 17.6. The number of likely N-dealkylation sites (N-methyl/N-ethyl adjacent to an activating group) is 1. The lowest BCUT2D eigenvalue weighted by atomic mass is 9.89. The first-order valence-corrected chi connectivity index (χ1v) is 15.6. The number of ether oxygens (including phenoxy) is 2. The molecule has 1 saturated heterocycles. The molecule has 0 saturated carbocycles. The summed E-state index contributed by atoms with van der Waals surface area (Å²) in [5, 5.41) is 24.6. The summed E-state index contributed by atoms with van der Waals surface area (Å²) in [6.45, 7) is 11.7. The quantitative estimate of drug-likeness (QED) is 0.188. The van der Waals surface area contributed by atoms with E-state index in [1.54, 1.807) is 49.3 Å². The van der Waals surface area contributed by atoms with Gasteiger partial charge >= 0.3 is 0 Å². The lowest BCUT2D eigenvalue weighted by Gasteiger charge is -2.40. The summed E-state index contributed by atoms with van der Waals surface area (Å²) >= 11 is 0. The number of carbonyl (C=O) groups is 3. The Kier molecular flexibility index (Phi) is 14.9. The zero-order valence-electron chi connectivity index (χ0n) is 27.8. The summed E-state index contributed by atoms with van der Waals surface area (Å²) in [7, 11) is 4.82. The molecule has 0 bridgehead atoms. The molecule has 1 aromatic heterocycles. The van der Waals surface area contributed by atoms with E-state index in [-0.39, 0.29) is 36.1 Å². The van der Waals surface area contributed by atoms with Gasteiger partial charge in [-0.15, -0.1) is 0 Å².